The normalized spacial score (nSPS) is 11.6. The summed E-state index contributed by atoms with van der Waals surface area (Å²) in [5.41, 5.74) is 2.60. The summed E-state index contributed by atoms with van der Waals surface area (Å²) in [5.74, 6) is 0.900. The standard InChI is InChI=1S/C16H22N2O/c1-5-18-11-13(10-17-18)12-19-15-8-6-14(7-9-15)16(2,3)4/h6-11H,5,12H2,1-4H3. The van der Waals surface area contributed by atoms with Crippen LogP contribution in [-0.2, 0) is 18.6 Å². The second kappa shape index (κ2) is 5.47. The summed E-state index contributed by atoms with van der Waals surface area (Å²) in [6.07, 6.45) is 3.87. The molecule has 1 aromatic carbocycles. The quantitative estimate of drug-likeness (QED) is 0.834. The molecule has 0 amide bonds. The van der Waals surface area contributed by atoms with Crippen molar-refractivity contribution >= 4 is 0 Å². The van der Waals surface area contributed by atoms with Gasteiger partial charge in [-0.2, -0.15) is 5.10 Å². The molecule has 0 fully saturated rings. The van der Waals surface area contributed by atoms with E-state index in [0.29, 0.717) is 6.61 Å². The lowest BCUT2D eigenvalue weighted by atomic mass is 9.87. The highest BCUT2D eigenvalue weighted by molar-refractivity contribution is 5.31. The Hall–Kier alpha value is -1.77. The number of ether oxygens (including phenoxy) is 1. The molecule has 1 heterocycles. The molecule has 1 aromatic heterocycles. The number of aryl methyl sites for hydroxylation is 1. The lowest BCUT2D eigenvalue weighted by Gasteiger charge is -2.19. The van der Waals surface area contributed by atoms with Gasteiger partial charge in [0.25, 0.3) is 0 Å². The molecule has 0 aliphatic carbocycles. The Labute approximate surface area is 115 Å². The first-order valence-corrected chi connectivity index (χ1v) is 6.73. The maximum atomic E-state index is 5.76. The van der Waals surface area contributed by atoms with Crippen molar-refractivity contribution in [2.24, 2.45) is 0 Å². The topological polar surface area (TPSA) is 27.1 Å². The molecule has 0 atom stereocenters. The average molecular weight is 258 g/mol. The van der Waals surface area contributed by atoms with Crippen LogP contribution in [0, 0.1) is 0 Å². The predicted molar refractivity (Wildman–Crippen MR) is 77.4 cm³/mol. The van der Waals surface area contributed by atoms with Gasteiger partial charge in [0.1, 0.15) is 12.4 Å². The monoisotopic (exact) mass is 258 g/mol. The number of hydrogen-bond donors (Lipinski definition) is 0. The van der Waals surface area contributed by atoms with Crippen LogP contribution >= 0.6 is 0 Å². The number of hydrogen-bond acceptors (Lipinski definition) is 2. The van der Waals surface area contributed by atoms with Crippen molar-refractivity contribution in [2.75, 3.05) is 0 Å². The molecule has 3 nitrogen and oxygen atoms in total. The molecular formula is C16H22N2O. The number of rotatable bonds is 4. The Morgan fingerprint density at radius 3 is 2.37 bits per heavy atom. The fourth-order valence-electron chi connectivity index (χ4n) is 1.87. The molecule has 0 N–H and O–H groups in total. The molecule has 0 bridgehead atoms. The third kappa shape index (κ3) is 3.60. The zero-order chi connectivity index (χ0) is 13.9. The molecule has 0 aliphatic rings. The summed E-state index contributed by atoms with van der Waals surface area (Å²) >= 11 is 0. The Morgan fingerprint density at radius 2 is 1.84 bits per heavy atom. The van der Waals surface area contributed by atoms with Gasteiger partial charge in [-0.1, -0.05) is 32.9 Å². The van der Waals surface area contributed by atoms with E-state index in [9.17, 15) is 0 Å². The van der Waals surface area contributed by atoms with Crippen molar-refractivity contribution < 1.29 is 4.74 Å². The maximum Gasteiger partial charge on any atom is 0.119 e. The van der Waals surface area contributed by atoms with Crippen molar-refractivity contribution in [3.8, 4) is 5.75 Å². The highest BCUT2D eigenvalue weighted by Gasteiger charge is 2.12. The number of nitrogens with zero attached hydrogens (tertiary/aromatic N) is 2. The minimum absolute atomic E-state index is 0.181. The first-order valence-electron chi connectivity index (χ1n) is 6.73. The highest BCUT2D eigenvalue weighted by atomic mass is 16.5. The van der Waals surface area contributed by atoms with Gasteiger partial charge in [0.2, 0.25) is 0 Å². The molecule has 2 aromatic rings. The molecule has 0 spiro atoms. The van der Waals surface area contributed by atoms with Gasteiger partial charge in [0.05, 0.1) is 6.20 Å². The van der Waals surface area contributed by atoms with Crippen molar-refractivity contribution in [1.29, 1.82) is 0 Å². The van der Waals surface area contributed by atoms with Gasteiger partial charge in [-0.25, -0.2) is 0 Å². The summed E-state index contributed by atoms with van der Waals surface area (Å²) < 4.78 is 7.67. The average Bonchev–Trinajstić information content (AvgIpc) is 2.84. The summed E-state index contributed by atoms with van der Waals surface area (Å²) in [5, 5.41) is 4.23. The van der Waals surface area contributed by atoms with E-state index in [1.54, 1.807) is 0 Å². The molecule has 0 radical (unpaired) electrons. The molecule has 102 valence electrons. The first kappa shape index (κ1) is 13.7. The summed E-state index contributed by atoms with van der Waals surface area (Å²) in [7, 11) is 0. The second-order valence-corrected chi connectivity index (χ2v) is 5.77. The van der Waals surface area contributed by atoms with Crippen LogP contribution in [0.3, 0.4) is 0 Å². The third-order valence-electron chi connectivity index (χ3n) is 3.14. The van der Waals surface area contributed by atoms with Crippen LogP contribution in [0.15, 0.2) is 36.7 Å². The van der Waals surface area contributed by atoms with Crippen LogP contribution in [0.2, 0.25) is 0 Å². The van der Waals surface area contributed by atoms with Crippen molar-refractivity contribution in [3.05, 3.63) is 47.8 Å². The van der Waals surface area contributed by atoms with Gasteiger partial charge in [0.15, 0.2) is 0 Å². The zero-order valence-corrected chi connectivity index (χ0v) is 12.2. The minimum atomic E-state index is 0.181. The molecular weight excluding hydrogens is 236 g/mol. The fourth-order valence-corrected chi connectivity index (χ4v) is 1.87. The lowest BCUT2D eigenvalue weighted by Crippen LogP contribution is -2.10. The molecule has 0 saturated carbocycles. The van der Waals surface area contributed by atoms with Gasteiger partial charge in [-0.3, -0.25) is 4.68 Å². The van der Waals surface area contributed by atoms with E-state index in [0.717, 1.165) is 17.9 Å². The Bertz CT molecular complexity index is 520. The van der Waals surface area contributed by atoms with E-state index in [2.05, 4.69) is 44.9 Å². The van der Waals surface area contributed by atoms with E-state index >= 15 is 0 Å². The summed E-state index contributed by atoms with van der Waals surface area (Å²) in [4.78, 5) is 0. The van der Waals surface area contributed by atoms with Crippen LogP contribution in [-0.4, -0.2) is 9.78 Å². The SMILES string of the molecule is CCn1cc(COc2ccc(C(C)(C)C)cc2)cn1. The molecule has 0 saturated heterocycles. The van der Waals surface area contributed by atoms with E-state index in [1.165, 1.54) is 5.56 Å². The minimum Gasteiger partial charge on any atom is -0.489 e. The molecule has 3 heteroatoms. The van der Waals surface area contributed by atoms with E-state index in [4.69, 9.17) is 4.74 Å². The van der Waals surface area contributed by atoms with Gasteiger partial charge < -0.3 is 4.74 Å². The zero-order valence-electron chi connectivity index (χ0n) is 12.2. The molecule has 19 heavy (non-hydrogen) atoms. The van der Waals surface area contributed by atoms with Crippen LogP contribution in [0.5, 0.6) is 5.75 Å². The van der Waals surface area contributed by atoms with Gasteiger partial charge in [-0.05, 0) is 30.0 Å². The summed E-state index contributed by atoms with van der Waals surface area (Å²) in [6.45, 7) is 10.2. The van der Waals surface area contributed by atoms with Crippen molar-refractivity contribution in [3.63, 3.8) is 0 Å². The maximum absolute atomic E-state index is 5.76. The Balaban J connectivity index is 1.96. The van der Waals surface area contributed by atoms with Crippen LogP contribution in [0.25, 0.3) is 0 Å². The Kier molecular flexibility index (Phi) is 3.93. The molecule has 2 rings (SSSR count). The van der Waals surface area contributed by atoms with Crippen LogP contribution in [0.1, 0.15) is 38.8 Å². The van der Waals surface area contributed by atoms with E-state index in [1.807, 2.05) is 29.2 Å². The molecule has 0 aliphatic heterocycles. The van der Waals surface area contributed by atoms with Crippen molar-refractivity contribution in [2.45, 2.75) is 46.3 Å². The molecule has 0 unspecified atom stereocenters. The van der Waals surface area contributed by atoms with Gasteiger partial charge in [-0.15, -0.1) is 0 Å². The number of aromatic nitrogens is 2. The van der Waals surface area contributed by atoms with Crippen LogP contribution < -0.4 is 4.74 Å². The van der Waals surface area contributed by atoms with Crippen LogP contribution in [0.4, 0.5) is 0 Å². The van der Waals surface area contributed by atoms with E-state index < -0.39 is 0 Å². The highest BCUT2D eigenvalue weighted by Crippen LogP contribution is 2.24. The Morgan fingerprint density at radius 1 is 1.16 bits per heavy atom. The second-order valence-electron chi connectivity index (χ2n) is 5.77. The summed E-state index contributed by atoms with van der Waals surface area (Å²) in [6, 6.07) is 8.32. The first-order chi connectivity index (χ1) is 8.99. The third-order valence-corrected chi connectivity index (χ3v) is 3.14. The lowest BCUT2D eigenvalue weighted by molar-refractivity contribution is 0.306. The number of benzene rings is 1. The largest absolute Gasteiger partial charge is 0.489 e. The smallest absolute Gasteiger partial charge is 0.119 e. The predicted octanol–water partition coefficient (Wildman–Crippen LogP) is 3.78. The van der Waals surface area contributed by atoms with Gasteiger partial charge >= 0.3 is 0 Å². The van der Waals surface area contributed by atoms with E-state index in [-0.39, 0.29) is 5.41 Å². The van der Waals surface area contributed by atoms with Gasteiger partial charge in [0, 0.05) is 18.3 Å². The van der Waals surface area contributed by atoms with Crippen molar-refractivity contribution in [1.82, 2.24) is 9.78 Å². The fraction of sp³-hybridized carbons (Fsp3) is 0.438.